The van der Waals surface area contributed by atoms with E-state index in [-0.39, 0.29) is 10.8 Å². The molecule has 1 aliphatic rings. The van der Waals surface area contributed by atoms with Crippen molar-refractivity contribution in [3.8, 4) is 11.3 Å². The molecule has 2 aromatic carbocycles. The summed E-state index contributed by atoms with van der Waals surface area (Å²) >= 11 is 3.37. The Kier molecular flexibility index (Phi) is 5.19. The van der Waals surface area contributed by atoms with Crippen LogP contribution in [0.4, 0.5) is 5.69 Å². The summed E-state index contributed by atoms with van der Waals surface area (Å²) in [6.45, 7) is 1.76. The maximum absolute atomic E-state index is 12.8. The predicted octanol–water partition coefficient (Wildman–Crippen LogP) is 4.16. The average Bonchev–Trinajstić information content (AvgIpc) is 3.28. The number of halogens is 1. The van der Waals surface area contributed by atoms with Crippen LogP contribution in [0.15, 0.2) is 85.1 Å². The van der Waals surface area contributed by atoms with Gasteiger partial charge in [-0.1, -0.05) is 15.9 Å². The van der Waals surface area contributed by atoms with Gasteiger partial charge in [-0.15, -0.1) is 0 Å². The highest BCUT2D eigenvalue weighted by molar-refractivity contribution is 9.10. The SMILES string of the molecule is CC1=NN(c2ccc(Br)cc2)C(=O)C1=Cc1ccc(-c2ccc(S(N)(=O)=O)cc2)o1. The number of furan rings is 1. The molecular formula is C21H16BrN3O4S. The normalized spacial score (nSPS) is 15.7. The van der Waals surface area contributed by atoms with E-state index < -0.39 is 10.0 Å². The third-order valence-corrected chi connectivity index (χ3v) is 5.97. The zero-order chi connectivity index (χ0) is 21.5. The van der Waals surface area contributed by atoms with Crippen LogP contribution < -0.4 is 10.1 Å². The number of sulfonamides is 1. The summed E-state index contributed by atoms with van der Waals surface area (Å²) in [5.74, 6) is 0.772. The zero-order valence-corrected chi connectivity index (χ0v) is 18.1. The predicted molar refractivity (Wildman–Crippen MR) is 118 cm³/mol. The van der Waals surface area contributed by atoms with Gasteiger partial charge in [0.05, 0.1) is 21.9 Å². The fourth-order valence-corrected chi connectivity index (χ4v) is 3.76. The molecule has 1 aromatic heterocycles. The summed E-state index contributed by atoms with van der Waals surface area (Å²) in [4.78, 5) is 12.9. The van der Waals surface area contributed by atoms with Crippen LogP contribution in [0.2, 0.25) is 0 Å². The summed E-state index contributed by atoms with van der Waals surface area (Å²) < 4.78 is 29.5. The van der Waals surface area contributed by atoms with Crippen molar-refractivity contribution in [3.05, 3.63) is 76.5 Å². The van der Waals surface area contributed by atoms with Gasteiger partial charge in [-0.25, -0.2) is 13.6 Å². The number of carbonyl (C=O) groups is 1. The first-order valence-electron chi connectivity index (χ1n) is 8.83. The number of hydrogen-bond acceptors (Lipinski definition) is 5. The molecular weight excluding hydrogens is 470 g/mol. The Morgan fingerprint density at radius 3 is 2.33 bits per heavy atom. The van der Waals surface area contributed by atoms with Gasteiger partial charge in [0.15, 0.2) is 0 Å². The Morgan fingerprint density at radius 2 is 1.70 bits per heavy atom. The molecule has 0 saturated carbocycles. The number of rotatable bonds is 4. The molecule has 7 nitrogen and oxygen atoms in total. The van der Waals surface area contributed by atoms with Gasteiger partial charge in [-0.2, -0.15) is 10.1 Å². The van der Waals surface area contributed by atoms with Crippen LogP contribution in [0, 0.1) is 0 Å². The Labute approximate surface area is 181 Å². The summed E-state index contributed by atoms with van der Waals surface area (Å²) in [6.07, 6.45) is 1.64. The minimum Gasteiger partial charge on any atom is -0.457 e. The molecule has 1 amide bonds. The van der Waals surface area contributed by atoms with E-state index in [1.54, 1.807) is 49.4 Å². The maximum Gasteiger partial charge on any atom is 0.280 e. The molecule has 9 heteroatoms. The molecule has 0 bridgehead atoms. The summed E-state index contributed by atoms with van der Waals surface area (Å²) in [5, 5.41) is 10.8. The van der Waals surface area contributed by atoms with Gasteiger partial charge < -0.3 is 4.42 Å². The van der Waals surface area contributed by atoms with Crippen molar-refractivity contribution in [2.45, 2.75) is 11.8 Å². The van der Waals surface area contributed by atoms with Crippen molar-refractivity contribution >= 4 is 49.3 Å². The largest absolute Gasteiger partial charge is 0.457 e. The second-order valence-electron chi connectivity index (χ2n) is 6.61. The lowest BCUT2D eigenvalue weighted by molar-refractivity contribution is -0.114. The Bertz CT molecular complexity index is 1290. The van der Waals surface area contributed by atoms with Crippen molar-refractivity contribution in [1.29, 1.82) is 0 Å². The molecule has 2 heterocycles. The first-order chi connectivity index (χ1) is 14.2. The molecule has 4 rings (SSSR count). The molecule has 0 atom stereocenters. The van der Waals surface area contributed by atoms with E-state index in [2.05, 4.69) is 21.0 Å². The van der Waals surface area contributed by atoms with E-state index in [1.165, 1.54) is 17.1 Å². The van der Waals surface area contributed by atoms with Gasteiger partial charge in [0.2, 0.25) is 10.0 Å². The second-order valence-corrected chi connectivity index (χ2v) is 9.09. The number of anilines is 1. The number of amides is 1. The molecule has 0 radical (unpaired) electrons. The van der Waals surface area contributed by atoms with E-state index in [4.69, 9.17) is 9.56 Å². The summed E-state index contributed by atoms with van der Waals surface area (Å²) in [7, 11) is -3.75. The van der Waals surface area contributed by atoms with Crippen LogP contribution in [0.1, 0.15) is 12.7 Å². The van der Waals surface area contributed by atoms with Crippen molar-refractivity contribution in [1.82, 2.24) is 0 Å². The van der Waals surface area contributed by atoms with Crippen LogP contribution in [0.25, 0.3) is 17.4 Å². The van der Waals surface area contributed by atoms with E-state index in [1.807, 2.05) is 12.1 Å². The molecule has 30 heavy (non-hydrogen) atoms. The molecule has 0 spiro atoms. The number of nitrogens with zero attached hydrogens (tertiary/aromatic N) is 2. The van der Waals surface area contributed by atoms with E-state index in [0.717, 1.165) is 4.47 Å². The van der Waals surface area contributed by atoms with Crippen molar-refractivity contribution in [2.24, 2.45) is 10.2 Å². The molecule has 152 valence electrons. The van der Waals surface area contributed by atoms with Crippen molar-refractivity contribution < 1.29 is 17.6 Å². The lowest BCUT2D eigenvalue weighted by Crippen LogP contribution is -2.21. The van der Waals surface area contributed by atoms with Gasteiger partial charge in [0.1, 0.15) is 11.5 Å². The summed E-state index contributed by atoms with van der Waals surface area (Å²) in [6, 6.07) is 16.8. The number of nitrogens with two attached hydrogens (primary N) is 1. The van der Waals surface area contributed by atoms with Crippen LogP contribution in [0.3, 0.4) is 0 Å². The van der Waals surface area contributed by atoms with E-state index in [9.17, 15) is 13.2 Å². The van der Waals surface area contributed by atoms with E-state index in [0.29, 0.717) is 34.1 Å². The van der Waals surface area contributed by atoms with Crippen molar-refractivity contribution in [2.75, 3.05) is 5.01 Å². The highest BCUT2D eigenvalue weighted by Crippen LogP contribution is 2.28. The second kappa shape index (κ2) is 7.67. The molecule has 3 aromatic rings. The van der Waals surface area contributed by atoms with Crippen LogP contribution in [-0.4, -0.2) is 20.0 Å². The van der Waals surface area contributed by atoms with Gasteiger partial charge >= 0.3 is 0 Å². The van der Waals surface area contributed by atoms with Crippen molar-refractivity contribution in [3.63, 3.8) is 0 Å². The number of hydrogen-bond donors (Lipinski definition) is 1. The minimum atomic E-state index is -3.75. The highest BCUT2D eigenvalue weighted by Gasteiger charge is 2.29. The van der Waals surface area contributed by atoms with Gasteiger partial charge in [-0.3, -0.25) is 4.79 Å². The number of carbonyl (C=O) groups excluding carboxylic acids is 1. The maximum atomic E-state index is 12.8. The first-order valence-corrected chi connectivity index (χ1v) is 11.2. The molecule has 0 saturated heterocycles. The quantitative estimate of drug-likeness (QED) is 0.559. The summed E-state index contributed by atoms with van der Waals surface area (Å²) in [5.41, 5.74) is 2.37. The first kappa shape index (κ1) is 20.3. The molecule has 1 aliphatic heterocycles. The van der Waals surface area contributed by atoms with Crippen LogP contribution in [-0.2, 0) is 14.8 Å². The van der Waals surface area contributed by atoms with Crippen LogP contribution in [0.5, 0.6) is 0 Å². The molecule has 0 fully saturated rings. The Balaban J connectivity index is 1.59. The smallest absolute Gasteiger partial charge is 0.280 e. The number of benzene rings is 2. The molecule has 0 aliphatic carbocycles. The van der Waals surface area contributed by atoms with Gasteiger partial charge in [0.25, 0.3) is 5.91 Å². The fraction of sp³-hybridized carbons (Fsp3) is 0.0476. The lowest BCUT2D eigenvalue weighted by atomic mass is 10.1. The number of hydrazone groups is 1. The topological polar surface area (TPSA) is 106 Å². The Hall–Kier alpha value is -3.01. The standard InChI is InChI=1S/C21H16BrN3O4S/c1-13-19(21(26)25(24-13)16-6-4-15(22)5-7-16)12-17-8-11-20(29-17)14-2-9-18(10-3-14)30(23,27)28/h2-12H,1H3,(H2,23,27,28). The fourth-order valence-electron chi connectivity index (χ4n) is 2.98. The molecule has 0 unspecified atom stereocenters. The highest BCUT2D eigenvalue weighted by atomic mass is 79.9. The van der Waals surface area contributed by atoms with Crippen LogP contribution >= 0.6 is 15.9 Å². The average molecular weight is 486 g/mol. The van der Waals surface area contributed by atoms with Gasteiger partial charge in [0, 0.05) is 10.0 Å². The lowest BCUT2D eigenvalue weighted by Gasteiger charge is -2.11. The monoisotopic (exact) mass is 485 g/mol. The molecule has 2 N–H and O–H groups in total. The third kappa shape index (κ3) is 4.00. The zero-order valence-electron chi connectivity index (χ0n) is 15.7. The number of primary sulfonamides is 1. The van der Waals surface area contributed by atoms with Gasteiger partial charge in [-0.05, 0) is 73.7 Å². The Morgan fingerprint density at radius 1 is 1.03 bits per heavy atom. The third-order valence-electron chi connectivity index (χ3n) is 4.51. The van der Waals surface area contributed by atoms with E-state index >= 15 is 0 Å². The minimum absolute atomic E-state index is 0.0246.